The number of anilines is 1. The molecule has 0 saturated carbocycles. The van der Waals surface area contributed by atoms with Gasteiger partial charge in [-0.1, -0.05) is 0 Å². The first-order valence-corrected chi connectivity index (χ1v) is 6.00. The third kappa shape index (κ3) is 2.24. The molecule has 0 amide bonds. The van der Waals surface area contributed by atoms with Crippen molar-refractivity contribution in [2.45, 2.75) is 0 Å². The van der Waals surface area contributed by atoms with Crippen LogP contribution < -0.4 is 11.3 Å². The molecule has 3 N–H and O–H groups in total. The highest BCUT2D eigenvalue weighted by Gasteiger charge is 2.11. The Hall–Kier alpha value is -2.74. The molecule has 0 aliphatic rings. The molecule has 3 heterocycles. The van der Waals surface area contributed by atoms with Crippen LogP contribution in [0.1, 0.15) is 0 Å². The zero-order valence-electron chi connectivity index (χ0n) is 11.1. The zero-order chi connectivity index (χ0) is 14.1. The van der Waals surface area contributed by atoms with Gasteiger partial charge in [0.1, 0.15) is 11.5 Å². The number of nitrogens with zero attached hydrogens (tertiary/aromatic N) is 6. The minimum Gasteiger partial charge on any atom is -0.308 e. The number of nitrogens with two attached hydrogens (primary N) is 1. The van der Waals surface area contributed by atoms with E-state index in [4.69, 9.17) is 5.84 Å². The van der Waals surface area contributed by atoms with Gasteiger partial charge in [-0.05, 0) is 6.07 Å². The molecule has 0 aliphatic heterocycles. The van der Waals surface area contributed by atoms with Crippen molar-refractivity contribution >= 4 is 5.82 Å². The summed E-state index contributed by atoms with van der Waals surface area (Å²) in [6.07, 6.45) is 5.46. The van der Waals surface area contributed by atoms with E-state index in [2.05, 4.69) is 25.6 Å². The Kier molecular flexibility index (Phi) is 2.92. The lowest BCUT2D eigenvalue weighted by atomic mass is 10.2. The van der Waals surface area contributed by atoms with E-state index in [0.29, 0.717) is 17.3 Å². The topological polar surface area (TPSA) is 99.5 Å². The maximum absolute atomic E-state index is 5.47. The zero-order valence-corrected chi connectivity index (χ0v) is 11.1. The summed E-state index contributed by atoms with van der Waals surface area (Å²) in [5, 5.41) is 8.44. The molecule has 8 nitrogen and oxygen atoms in total. The molecule has 0 atom stereocenters. The van der Waals surface area contributed by atoms with Crippen molar-refractivity contribution in [3.05, 3.63) is 30.7 Å². The van der Waals surface area contributed by atoms with Gasteiger partial charge < -0.3 is 5.43 Å². The van der Waals surface area contributed by atoms with Crippen LogP contribution in [0.2, 0.25) is 0 Å². The molecule has 0 aromatic carbocycles. The number of hydrazine groups is 1. The van der Waals surface area contributed by atoms with Gasteiger partial charge in [-0.3, -0.25) is 9.36 Å². The number of rotatable bonds is 3. The largest absolute Gasteiger partial charge is 0.308 e. The lowest BCUT2D eigenvalue weighted by Crippen LogP contribution is -2.10. The SMILES string of the molecule is Cn1cc(-c2cc(NN)nc(-c3ccn(C)n3)n2)cn1. The van der Waals surface area contributed by atoms with E-state index in [0.717, 1.165) is 11.3 Å². The smallest absolute Gasteiger partial charge is 0.182 e. The van der Waals surface area contributed by atoms with Gasteiger partial charge in [0, 0.05) is 38.1 Å². The maximum Gasteiger partial charge on any atom is 0.182 e. The first-order valence-electron chi connectivity index (χ1n) is 6.00. The number of nitrogens with one attached hydrogen (secondary N) is 1. The van der Waals surface area contributed by atoms with Crippen molar-refractivity contribution in [1.82, 2.24) is 29.5 Å². The van der Waals surface area contributed by atoms with Crippen molar-refractivity contribution in [2.75, 3.05) is 5.43 Å². The molecular weight excluding hydrogens is 256 g/mol. The van der Waals surface area contributed by atoms with Gasteiger partial charge in [0.05, 0.1) is 11.9 Å². The third-order valence-electron chi connectivity index (χ3n) is 2.82. The predicted molar refractivity (Wildman–Crippen MR) is 74.2 cm³/mol. The van der Waals surface area contributed by atoms with Crippen LogP contribution in [-0.2, 0) is 14.1 Å². The van der Waals surface area contributed by atoms with Gasteiger partial charge in [-0.25, -0.2) is 15.8 Å². The second kappa shape index (κ2) is 4.74. The highest BCUT2D eigenvalue weighted by molar-refractivity contribution is 5.65. The highest BCUT2D eigenvalue weighted by Crippen LogP contribution is 2.22. The molecule has 3 aromatic heterocycles. The molecule has 8 heteroatoms. The summed E-state index contributed by atoms with van der Waals surface area (Å²) in [6.45, 7) is 0. The van der Waals surface area contributed by atoms with Crippen LogP contribution in [0, 0.1) is 0 Å². The molecule has 3 rings (SSSR count). The Bertz CT molecular complexity index is 683. The molecule has 0 spiro atoms. The second-order valence-electron chi connectivity index (χ2n) is 4.38. The maximum atomic E-state index is 5.47. The van der Waals surface area contributed by atoms with E-state index in [1.807, 2.05) is 32.6 Å². The predicted octanol–water partition coefficient (Wildman–Crippen LogP) is 0.563. The fourth-order valence-electron chi connectivity index (χ4n) is 1.87. The Balaban J connectivity index is 2.12. The number of aromatic nitrogens is 6. The Labute approximate surface area is 115 Å². The molecule has 102 valence electrons. The van der Waals surface area contributed by atoms with Gasteiger partial charge in [-0.2, -0.15) is 10.2 Å². The number of nitrogen functional groups attached to an aromatic ring is 1. The fourth-order valence-corrected chi connectivity index (χ4v) is 1.87. The summed E-state index contributed by atoms with van der Waals surface area (Å²) >= 11 is 0. The average Bonchev–Trinajstić information content (AvgIpc) is 3.07. The van der Waals surface area contributed by atoms with Crippen molar-refractivity contribution in [2.24, 2.45) is 19.9 Å². The summed E-state index contributed by atoms with van der Waals surface area (Å²) in [5.74, 6) is 6.51. The standard InChI is InChI=1S/C12H14N8/c1-19-4-3-9(18-19)12-15-10(5-11(16-12)17-13)8-6-14-20(2)7-8/h3-7H,13H2,1-2H3,(H,15,16,17). The van der Waals surface area contributed by atoms with Gasteiger partial charge in [0.2, 0.25) is 0 Å². The molecule has 0 saturated heterocycles. The number of hydrogen-bond donors (Lipinski definition) is 2. The van der Waals surface area contributed by atoms with Gasteiger partial charge in [0.15, 0.2) is 5.82 Å². The van der Waals surface area contributed by atoms with Gasteiger partial charge in [0.25, 0.3) is 0 Å². The van der Waals surface area contributed by atoms with Gasteiger partial charge >= 0.3 is 0 Å². The monoisotopic (exact) mass is 270 g/mol. The molecule has 0 aliphatic carbocycles. The summed E-state index contributed by atoms with van der Waals surface area (Å²) in [6, 6.07) is 3.62. The quantitative estimate of drug-likeness (QED) is 0.533. The van der Waals surface area contributed by atoms with E-state index in [-0.39, 0.29) is 0 Å². The minimum absolute atomic E-state index is 0.514. The van der Waals surface area contributed by atoms with E-state index >= 15 is 0 Å². The van der Waals surface area contributed by atoms with Crippen LogP contribution in [0.15, 0.2) is 30.7 Å². The lowest BCUT2D eigenvalue weighted by Gasteiger charge is -2.05. The first-order chi connectivity index (χ1) is 9.65. The Morgan fingerprint density at radius 1 is 1.15 bits per heavy atom. The van der Waals surface area contributed by atoms with E-state index in [9.17, 15) is 0 Å². The molecular formula is C12H14N8. The van der Waals surface area contributed by atoms with Crippen molar-refractivity contribution in [1.29, 1.82) is 0 Å². The summed E-state index contributed by atoms with van der Waals surface area (Å²) in [5.41, 5.74) is 4.87. The van der Waals surface area contributed by atoms with Crippen LogP contribution in [-0.4, -0.2) is 29.5 Å². The van der Waals surface area contributed by atoms with Crippen molar-refractivity contribution < 1.29 is 0 Å². The fraction of sp³-hybridized carbons (Fsp3) is 0.167. The highest BCUT2D eigenvalue weighted by atomic mass is 15.3. The normalized spacial score (nSPS) is 10.8. The Morgan fingerprint density at radius 2 is 2.00 bits per heavy atom. The summed E-state index contributed by atoms with van der Waals surface area (Å²) in [4.78, 5) is 8.83. The molecule has 0 radical (unpaired) electrons. The van der Waals surface area contributed by atoms with Crippen LogP contribution >= 0.6 is 0 Å². The van der Waals surface area contributed by atoms with E-state index in [1.165, 1.54) is 0 Å². The Morgan fingerprint density at radius 3 is 2.60 bits per heavy atom. The summed E-state index contributed by atoms with van der Waals surface area (Å²) in [7, 11) is 3.70. The minimum atomic E-state index is 0.514. The van der Waals surface area contributed by atoms with E-state index in [1.54, 1.807) is 21.6 Å². The van der Waals surface area contributed by atoms with Crippen LogP contribution in [0.5, 0.6) is 0 Å². The molecule has 0 bridgehead atoms. The van der Waals surface area contributed by atoms with Gasteiger partial charge in [-0.15, -0.1) is 0 Å². The molecule has 0 unspecified atom stereocenters. The van der Waals surface area contributed by atoms with Crippen molar-refractivity contribution in [3.63, 3.8) is 0 Å². The molecule has 20 heavy (non-hydrogen) atoms. The first kappa shape index (κ1) is 12.3. The van der Waals surface area contributed by atoms with Crippen LogP contribution in [0.4, 0.5) is 5.82 Å². The third-order valence-corrected chi connectivity index (χ3v) is 2.82. The second-order valence-corrected chi connectivity index (χ2v) is 4.38. The lowest BCUT2D eigenvalue weighted by molar-refractivity contribution is 0.768. The van der Waals surface area contributed by atoms with Crippen molar-refractivity contribution in [3.8, 4) is 22.8 Å². The summed E-state index contributed by atoms with van der Waals surface area (Å²) < 4.78 is 3.42. The van der Waals surface area contributed by atoms with Crippen LogP contribution in [0.25, 0.3) is 22.8 Å². The van der Waals surface area contributed by atoms with E-state index < -0.39 is 0 Å². The van der Waals surface area contributed by atoms with Crippen LogP contribution in [0.3, 0.4) is 0 Å². The molecule has 3 aromatic rings. The number of aryl methyl sites for hydroxylation is 2. The number of hydrogen-bond acceptors (Lipinski definition) is 6. The molecule has 0 fully saturated rings. The average molecular weight is 270 g/mol.